The van der Waals surface area contributed by atoms with Crippen molar-refractivity contribution in [3.05, 3.63) is 175 Å². The second kappa shape index (κ2) is 12.3. The Kier molecular flexibility index (Phi) is 7.07. The molecule has 0 radical (unpaired) electrons. The van der Waals surface area contributed by atoms with Crippen LogP contribution in [0.15, 0.2) is 152 Å². The van der Waals surface area contributed by atoms with E-state index in [2.05, 4.69) is 150 Å². The lowest BCUT2D eigenvalue weighted by Crippen LogP contribution is -1.91. The maximum Gasteiger partial charge on any atom is 0.0738 e. The molecular weight excluding hydrogens is 635 g/mol. The van der Waals surface area contributed by atoms with Crippen molar-refractivity contribution < 1.29 is 0 Å². The molecular formula is C47H31N5. The number of nitrogens with one attached hydrogen (secondary N) is 2. The fraction of sp³-hybridized carbons (Fsp3) is 0. The monoisotopic (exact) mass is 665 g/mol. The van der Waals surface area contributed by atoms with Crippen molar-refractivity contribution in [2.24, 2.45) is 0 Å². The SMILES string of the molecule is C1=Cc2nc1c(-c1ccccc1)c1nc(c(-c3ccccc3)c3ccc([nH]3)c(-c3cnc4ccccc4c3)c3ccc([nH]3)c2-c2ccccc2)C=C1. The molecule has 10 rings (SSSR count). The Morgan fingerprint density at radius 3 is 1.25 bits per heavy atom. The molecule has 0 fully saturated rings. The fourth-order valence-electron chi connectivity index (χ4n) is 7.44. The van der Waals surface area contributed by atoms with Crippen molar-refractivity contribution in [3.8, 4) is 44.5 Å². The first-order valence-electron chi connectivity index (χ1n) is 17.4. The van der Waals surface area contributed by atoms with Gasteiger partial charge in [0.25, 0.3) is 0 Å². The third-order valence-electron chi connectivity index (χ3n) is 9.82. The average molecular weight is 666 g/mol. The molecule has 8 aromatic rings. The number of fused-ring (bicyclic) bond motifs is 9. The molecule has 6 heterocycles. The second-order valence-corrected chi connectivity index (χ2v) is 13.0. The zero-order valence-corrected chi connectivity index (χ0v) is 28.1. The molecule has 4 aromatic heterocycles. The van der Waals surface area contributed by atoms with E-state index in [1.165, 1.54) is 0 Å². The van der Waals surface area contributed by atoms with Gasteiger partial charge >= 0.3 is 0 Å². The van der Waals surface area contributed by atoms with E-state index in [-0.39, 0.29) is 0 Å². The molecule has 0 saturated carbocycles. The number of hydrogen-bond acceptors (Lipinski definition) is 3. The van der Waals surface area contributed by atoms with Crippen molar-refractivity contribution in [1.82, 2.24) is 24.9 Å². The summed E-state index contributed by atoms with van der Waals surface area (Å²) >= 11 is 0. The lowest BCUT2D eigenvalue weighted by atomic mass is 10.0. The van der Waals surface area contributed by atoms with Crippen LogP contribution in [0, 0.1) is 0 Å². The summed E-state index contributed by atoms with van der Waals surface area (Å²) in [7, 11) is 0. The number of aromatic nitrogens is 5. The van der Waals surface area contributed by atoms with Crippen molar-refractivity contribution in [2.45, 2.75) is 0 Å². The highest BCUT2D eigenvalue weighted by molar-refractivity contribution is 6.01. The summed E-state index contributed by atoms with van der Waals surface area (Å²) in [5, 5.41) is 1.08. The van der Waals surface area contributed by atoms with Crippen LogP contribution in [-0.2, 0) is 0 Å². The maximum atomic E-state index is 5.36. The van der Waals surface area contributed by atoms with E-state index >= 15 is 0 Å². The highest BCUT2D eigenvalue weighted by atomic mass is 14.8. The molecule has 2 aliphatic heterocycles. The third kappa shape index (κ3) is 5.15. The molecule has 0 spiro atoms. The van der Waals surface area contributed by atoms with Crippen LogP contribution in [0.2, 0.25) is 0 Å². The van der Waals surface area contributed by atoms with Gasteiger partial charge in [0.1, 0.15) is 0 Å². The first-order chi connectivity index (χ1) is 25.8. The predicted octanol–water partition coefficient (Wildman–Crippen LogP) is 11.9. The van der Waals surface area contributed by atoms with Crippen LogP contribution >= 0.6 is 0 Å². The van der Waals surface area contributed by atoms with Crippen molar-refractivity contribution >= 4 is 57.3 Å². The van der Waals surface area contributed by atoms with Gasteiger partial charge in [-0.2, -0.15) is 0 Å². The van der Waals surface area contributed by atoms with Gasteiger partial charge in [0.15, 0.2) is 0 Å². The highest BCUT2D eigenvalue weighted by Crippen LogP contribution is 2.38. The van der Waals surface area contributed by atoms with Gasteiger partial charge in [-0.1, -0.05) is 109 Å². The van der Waals surface area contributed by atoms with E-state index < -0.39 is 0 Å². The maximum absolute atomic E-state index is 5.36. The lowest BCUT2D eigenvalue weighted by Gasteiger charge is -2.07. The molecule has 0 atom stereocenters. The van der Waals surface area contributed by atoms with Gasteiger partial charge in [0.2, 0.25) is 0 Å². The van der Waals surface area contributed by atoms with Gasteiger partial charge in [-0.15, -0.1) is 0 Å². The van der Waals surface area contributed by atoms with Crippen LogP contribution in [0.3, 0.4) is 0 Å². The fourth-order valence-corrected chi connectivity index (χ4v) is 7.44. The summed E-state index contributed by atoms with van der Waals surface area (Å²) in [6, 6.07) is 50.5. The summed E-state index contributed by atoms with van der Waals surface area (Å²) in [6.07, 6.45) is 10.5. The van der Waals surface area contributed by atoms with Crippen LogP contribution in [0.5, 0.6) is 0 Å². The normalized spacial score (nSPS) is 12.1. The molecule has 0 saturated heterocycles. The molecule has 244 valence electrons. The Morgan fingerprint density at radius 2 is 0.750 bits per heavy atom. The van der Waals surface area contributed by atoms with E-state index in [0.717, 1.165) is 100 Å². The molecule has 2 N–H and O–H groups in total. The van der Waals surface area contributed by atoms with Gasteiger partial charge < -0.3 is 9.97 Å². The average Bonchev–Trinajstić information content (AvgIpc) is 4.04. The van der Waals surface area contributed by atoms with Gasteiger partial charge in [0.05, 0.1) is 28.3 Å². The summed E-state index contributed by atoms with van der Waals surface area (Å²) in [6.45, 7) is 0. The predicted molar refractivity (Wildman–Crippen MR) is 216 cm³/mol. The molecule has 4 aromatic carbocycles. The number of nitrogens with zero attached hydrogens (tertiary/aromatic N) is 3. The largest absolute Gasteiger partial charge is 0.354 e. The van der Waals surface area contributed by atoms with E-state index in [0.29, 0.717) is 0 Å². The number of benzene rings is 4. The number of pyridine rings is 1. The van der Waals surface area contributed by atoms with Crippen LogP contribution < -0.4 is 0 Å². The molecule has 0 unspecified atom stereocenters. The lowest BCUT2D eigenvalue weighted by molar-refractivity contribution is 1.28. The Hall–Kier alpha value is -7.11. The van der Waals surface area contributed by atoms with Gasteiger partial charge in [-0.3, -0.25) is 4.98 Å². The standard InChI is InChI=1S/C47H31N5/c1-4-12-30(13-5-1)44-36-20-22-38(49-36)45(31-14-6-2-7-15-31)40-24-26-42(51-40)47(34-28-33-18-10-11-19-35(33)48-29-34)43-27-25-41(52-43)46(32-16-8-3-9-17-32)39-23-21-37(44)50-39/h1-29,51-52H. The highest BCUT2D eigenvalue weighted by Gasteiger charge is 2.19. The van der Waals surface area contributed by atoms with Crippen molar-refractivity contribution in [1.29, 1.82) is 0 Å². The summed E-state index contributed by atoms with van der Waals surface area (Å²) < 4.78 is 0. The van der Waals surface area contributed by atoms with Crippen LogP contribution in [0.4, 0.5) is 0 Å². The molecule has 52 heavy (non-hydrogen) atoms. The Bertz CT molecular complexity index is 2740. The Labute approximate surface area is 300 Å². The molecule has 0 amide bonds. The molecule has 8 bridgehead atoms. The summed E-state index contributed by atoms with van der Waals surface area (Å²) in [5.41, 5.74) is 16.7. The summed E-state index contributed by atoms with van der Waals surface area (Å²) in [5.74, 6) is 0. The molecule has 0 aliphatic carbocycles. The third-order valence-corrected chi connectivity index (χ3v) is 9.82. The number of rotatable bonds is 4. The molecule has 5 heteroatoms. The van der Waals surface area contributed by atoms with E-state index in [9.17, 15) is 0 Å². The van der Waals surface area contributed by atoms with Crippen LogP contribution in [0.25, 0.3) is 102 Å². The first-order valence-corrected chi connectivity index (χ1v) is 17.4. The number of hydrogen-bond donors (Lipinski definition) is 2. The second-order valence-electron chi connectivity index (χ2n) is 13.0. The topological polar surface area (TPSA) is 70.2 Å². The van der Waals surface area contributed by atoms with E-state index in [4.69, 9.17) is 15.0 Å². The number of para-hydroxylation sites is 1. The minimum atomic E-state index is 0.871. The van der Waals surface area contributed by atoms with Crippen LogP contribution in [0.1, 0.15) is 22.8 Å². The van der Waals surface area contributed by atoms with Crippen molar-refractivity contribution in [2.75, 3.05) is 0 Å². The Morgan fingerprint density at radius 1 is 0.346 bits per heavy atom. The molecule has 5 nitrogen and oxygen atoms in total. The Balaban J connectivity index is 1.39. The van der Waals surface area contributed by atoms with Crippen LogP contribution in [-0.4, -0.2) is 24.9 Å². The quantitative estimate of drug-likeness (QED) is 0.197. The number of H-pyrrole nitrogens is 2. The van der Waals surface area contributed by atoms with E-state index in [1.54, 1.807) is 0 Å². The first kappa shape index (κ1) is 29.8. The number of aromatic amines is 2. The minimum absolute atomic E-state index is 0.871. The van der Waals surface area contributed by atoms with Gasteiger partial charge in [-0.05, 0) is 77.4 Å². The smallest absolute Gasteiger partial charge is 0.0738 e. The minimum Gasteiger partial charge on any atom is -0.354 e. The van der Waals surface area contributed by atoms with Gasteiger partial charge in [0, 0.05) is 61.5 Å². The zero-order chi connectivity index (χ0) is 34.4. The zero-order valence-electron chi connectivity index (χ0n) is 28.1. The van der Waals surface area contributed by atoms with Gasteiger partial charge in [-0.25, -0.2) is 9.97 Å². The van der Waals surface area contributed by atoms with Crippen molar-refractivity contribution in [3.63, 3.8) is 0 Å². The van der Waals surface area contributed by atoms with E-state index in [1.807, 2.05) is 36.5 Å². The summed E-state index contributed by atoms with van der Waals surface area (Å²) in [4.78, 5) is 23.3. The molecule has 2 aliphatic rings.